The van der Waals surface area contributed by atoms with Gasteiger partial charge >= 0.3 is 0 Å². The maximum absolute atomic E-state index is 12.3. The molecule has 1 aliphatic heterocycles. The van der Waals surface area contributed by atoms with Gasteiger partial charge < -0.3 is 4.74 Å². The largest absolute Gasteiger partial charge is 0.487 e. The summed E-state index contributed by atoms with van der Waals surface area (Å²) in [4.78, 5) is 12.3. The highest BCUT2D eigenvalue weighted by Crippen LogP contribution is 2.53. The van der Waals surface area contributed by atoms with E-state index in [2.05, 4.69) is 27.7 Å². The Kier molecular flexibility index (Phi) is 2.20. The summed E-state index contributed by atoms with van der Waals surface area (Å²) in [7, 11) is 0. The van der Waals surface area contributed by atoms with E-state index < -0.39 is 0 Å². The first-order valence-electron chi connectivity index (χ1n) is 6.65. The van der Waals surface area contributed by atoms with Crippen molar-refractivity contribution in [2.24, 2.45) is 11.3 Å². The third-order valence-electron chi connectivity index (χ3n) is 4.18. The summed E-state index contributed by atoms with van der Waals surface area (Å²) in [6.07, 6.45) is 1.91. The van der Waals surface area contributed by atoms with Crippen molar-refractivity contribution in [1.29, 1.82) is 0 Å². The Morgan fingerprint density at radius 1 is 1.28 bits per heavy atom. The Bertz CT molecular complexity index is 526. The van der Waals surface area contributed by atoms with E-state index in [0.717, 1.165) is 24.2 Å². The Morgan fingerprint density at radius 3 is 2.56 bits per heavy atom. The van der Waals surface area contributed by atoms with Crippen LogP contribution in [0.3, 0.4) is 0 Å². The highest BCUT2D eigenvalue weighted by molar-refractivity contribution is 6.00. The van der Waals surface area contributed by atoms with Crippen molar-refractivity contribution in [1.82, 2.24) is 0 Å². The van der Waals surface area contributed by atoms with E-state index >= 15 is 0 Å². The standard InChI is InChI=1S/C16H20O2/c1-15(2)9-12(15)14(17)10-5-6-13-11(7-10)8-16(3,4)18-13/h5-7,12H,8-9H2,1-4H3. The molecule has 18 heavy (non-hydrogen) atoms. The second-order valence-corrected chi connectivity index (χ2v) is 6.97. The van der Waals surface area contributed by atoms with Crippen LogP contribution in [0.15, 0.2) is 18.2 Å². The smallest absolute Gasteiger partial charge is 0.166 e. The van der Waals surface area contributed by atoms with Crippen LogP contribution in [0.1, 0.15) is 50.0 Å². The van der Waals surface area contributed by atoms with E-state index in [9.17, 15) is 4.79 Å². The van der Waals surface area contributed by atoms with Crippen molar-refractivity contribution in [3.8, 4) is 5.75 Å². The van der Waals surface area contributed by atoms with Crippen molar-refractivity contribution >= 4 is 5.78 Å². The maximum Gasteiger partial charge on any atom is 0.166 e. The molecule has 1 heterocycles. The van der Waals surface area contributed by atoms with Crippen molar-refractivity contribution < 1.29 is 9.53 Å². The highest BCUT2D eigenvalue weighted by Gasteiger charge is 2.50. The molecule has 96 valence electrons. The van der Waals surface area contributed by atoms with Gasteiger partial charge in [-0.2, -0.15) is 0 Å². The first-order valence-corrected chi connectivity index (χ1v) is 6.65. The number of hydrogen-bond donors (Lipinski definition) is 0. The zero-order valence-electron chi connectivity index (χ0n) is 11.5. The molecule has 1 aromatic carbocycles. The van der Waals surface area contributed by atoms with Crippen LogP contribution in [0.2, 0.25) is 0 Å². The lowest BCUT2D eigenvalue weighted by atomic mass is 9.96. The Hall–Kier alpha value is -1.31. The number of carbonyl (C=O) groups is 1. The van der Waals surface area contributed by atoms with E-state index in [4.69, 9.17) is 4.74 Å². The first kappa shape index (κ1) is 11.8. The molecular formula is C16H20O2. The van der Waals surface area contributed by atoms with E-state index in [-0.39, 0.29) is 16.9 Å². The second-order valence-electron chi connectivity index (χ2n) is 6.97. The van der Waals surface area contributed by atoms with Gasteiger partial charge in [0.25, 0.3) is 0 Å². The number of fused-ring (bicyclic) bond motifs is 1. The van der Waals surface area contributed by atoms with Crippen molar-refractivity contribution in [3.63, 3.8) is 0 Å². The molecule has 2 aliphatic rings. The zero-order valence-corrected chi connectivity index (χ0v) is 11.5. The first-order chi connectivity index (χ1) is 8.28. The SMILES string of the molecule is CC1(C)Cc2cc(C(=O)C3CC3(C)C)ccc2O1. The molecule has 0 saturated heterocycles. The number of Topliss-reactive ketones (excluding diaryl/α,β-unsaturated/α-hetero) is 1. The number of ketones is 1. The molecule has 0 radical (unpaired) electrons. The predicted octanol–water partition coefficient (Wildman–Crippen LogP) is 3.63. The normalized spacial score (nSPS) is 26.3. The van der Waals surface area contributed by atoms with Crippen molar-refractivity contribution in [3.05, 3.63) is 29.3 Å². The predicted molar refractivity (Wildman–Crippen MR) is 71.1 cm³/mol. The summed E-state index contributed by atoms with van der Waals surface area (Å²) in [5.41, 5.74) is 2.09. The topological polar surface area (TPSA) is 26.3 Å². The van der Waals surface area contributed by atoms with Crippen LogP contribution in [-0.4, -0.2) is 11.4 Å². The van der Waals surface area contributed by atoms with Crippen LogP contribution in [0.25, 0.3) is 0 Å². The average molecular weight is 244 g/mol. The van der Waals surface area contributed by atoms with Gasteiger partial charge in [-0.3, -0.25) is 4.79 Å². The van der Waals surface area contributed by atoms with Gasteiger partial charge in [0, 0.05) is 17.9 Å². The van der Waals surface area contributed by atoms with Gasteiger partial charge in [0.05, 0.1) is 0 Å². The molecular weight excluding hydrogens is 224 g/mol. The summed E-state index contributed by atoms with van der Waals surface area (Å²) >= 11 is 0. The van der Waals surface area contributed by atoms with E-state index in [1.165, 1.54) is 5.56 Å². The lowest BCUT2D eigenvalue weighted by molar-refractivity contribution is 0.0953. The van der Waals surface area contributed by atoms with Gasteiger partial charge in [0.2, 0.25) is 0 Å². The molecule has 0 spiro atoms. The van der Waals surface area contributed by atoms with Crippen LogP contribution in [0.4, 0.5) is 0 Å². The molecule has 0 amide bonds. The molecule has 1 atom stereocenters. The summed E-state index contributed by atoms with van der Waals surface area (Å²) in [5, 5.41) is 0. The fourth-order valence-corrected chi connectivity index (χ4v) is 2.88. The van der Waals surface area contributed by atoms with Crippen LogP contribution in [-0.2, 0) is 6.42 Å². The van der Waals surface area contributed by atoms with Crippen LogP contribution >= 0.6 is 0 Å². The molecule has 0 aromatic heterocycles. The maximum atomic E-state index is 12.3. The summed E-state index contributed by atoms with van der Waals surface area (Å²) < 4.78 is 5.83. The zero-order chi connectivity index (χ0) is 13.1. The number of benzene rings is 1. The van der Waals surface area contributed by atoms with Crippen molar-refractivity contribution in [2.75, 3.05) is 0 Å². The lowest BCUT2D eigenvalue weighted by Gasteiger charge is -2.16. The van der Waals surface area contributed by atoms with Crippen LogP contribution in [0, 0.1) is 11.3 Å². The summed E-state index contributed by atoms with van der Waals surface area (Å²) in [6.45, 7) is 8.49. The summed E-state index contributed by atoms with van der Waals surface area (Å²) in [6, 6.07) is 5.89. The van der Waals surface area contributed by atoms with E-state index in [0.29, 0.717) is 5.78 Å². The van der Waals surface area contributed by atoms with Gasteiger partial charge in [0.1, 0.15) is 11.4 Å². The third-order valence-corrected chi connectivity index (χ3v) is 4.18. The Morgan fingerprint density at radius 2 is 1.94 bits per heavy atom. The number of ether oxygens (including phenoxy) is 1. The minimum absolute atomic E-state index is 0.136. The number of hydrogen-bond acceptors (Lipinski definition) is 2. The van der Waals surface area contributed by atoms with Crippen LogP contribution in [0.5, 0.6) is 5.75 Å². The molecule has 0 bridgehead atoms. The molecule has 1 unspecified atom stereocenters. The van der Waals surface area contributed by atoms with Crippen molar-refractivity contribution in [2.45, 2.75) is 46.1 Å². The van der Waals surface area contributed by atoms with E-state index in [1.54, 1.807) is 0 Å². The van der Waals surface area contributed by atoms with E-state index in [1.807, 2.05) is 18.2 Å². The minimum atomic E-state index is -0.136. The molecule has 1 saturated carbocycles. The van der Waals surface area contributed by atoms with Gasteiger partial charge in [0.15, 0.2) is 5.78 Å². The summed E-state index contributed by atoms with van der Waals surface area (Å²) in [5.74, 6) is 1.45. The Balaban J connectivity index is 1.87. The molecule has 1 aromatic rings. The monoisotopic (exact) mass is 244 g/mol. The van der Waals surface area contributed by atoms with Gasteiger partial charge in [-0.1, -0.05) is 13.8 Å². The average Bonchev–Trinajstić information content (AvgIpc) is 2.76. The fraction of sp³-hybridized carbons (Fsp3) is 0.562. The van der Waals surface area contributed by atoms with Gasteiger partial charge in [-0.05, 0) is 49.4 Å². The molecule has 2 nitrogen and oxygen atoms in total. The Labute approximate surface area is 108 Å². The number of carbonyl (C=O) groups excluding carboxylic acids is 1. The molecule has 3 rings (SSSR count). The van der Waals surface area contributed by atoms with Gasteiger partial charge in [-0.25, -0.2) is 0 Å². The highest BCUT2D eigenvalue weighted by atomic mass is 16.5. The third kappa shape index (κ3) is 1.84. The minimum Gasteiger partial charge on any atom is -0.487 e. The number of rotatable bonds is 2. The van der Waals surface area contributed by atoms with Crippen LogP contribution < -0.4 is 4.74 Å². The fourth-order valence-electron chi connectivity index (χ4n) is 2.88. The molecule has 2 heteroatoms. The van der Waals surface area contributed by atoms with Gasteiger partial charge in [-0.15, -0.1) is 0 Å². The quantitative estimate of drug-likeness (QED) is 0.743. The second kappa shape index (κ2) is 3.37. The molecule has 1 aliphatic carbocycles. The molecule has 0 N–H and O–H groups in total. The lowest BCUT2D eigenvalue weighted by Crippen LogP contribution is -2.24. The molecule has 1 fully saturated rings.